The number of methoxy groups -OCH3 is 1. The van der Waals surface area contributed by atoms with E-state index in [-0.39, 0.29) is 48.6 Å². The molecule has 12 heteroatoms. The van der Waals surface area contributed by atoms with E-state index < -0.39 is 23.9 Å². The standard InChI is InChI=1S/C37H37FN4O7/c1-21(2)35-27(10-12-33(43)41-35)37(46)42-14-13-31-30(19-42)40-36(45)28-16-23(8-11-29(28)38)22-5-4-6-25(15-22)48-20-34(44)39-18-24-7-9-26(49-31)17-32(24)47-3/h4-12,15-17,21,30-31H,13-14,18-20H2,1-3H3,(H,39,44)(H,40,45)(H,41,43)/t30-,31+/m1/s1. The number of aromatic nitrogens is 1. The zero-order chi connectivity index (χ0) is 34.7. The summed E-state index contributed by atoms with van der Waals surface area (Å²) in [6.45, 7) is 4.09. The predicted octanol–water partition coefficient (Wildman–Crippen LogP) is 4.41. The Labute approximate surface area is 282 Å². The van der Waals surface area contributed by atoms with Gasteiger partial charge in [-0.25, -0.2) is 4.39 Å². The molecule has 3 amide bonds. The van der Waals surface area contributed by atoms with Crippen LogP contribution in [0.4, 0.5) is 4.39 Å². The Hall–Kier alpha value is -5.65. The van der Waals surface area contributed by atoms with E-state index in [2.05, 4.69) is 15.6 Å². The van der Waals surface area contributed by atoms with Gasteiger partial charge in [0.05, 0.1) is 24.3 Å². The minimum Gasteiger partial charge on any atom is -0.496 e. The Morgan fingerprint density at radius 3 is 2.59 bits per heavy atom. The van der Waals surface area contributed by atoms with Crippen molar-refractivity contribution in [1.82, 2.24) is 20.5 Å². The van der Waals surface area contributed by atoms with E-state index in [0.717, 1.165) is 0 Å². The molecule has 0 radical (unpaired) electrons. The second-order valence-corrected chi connectivity index (χ2v) is 12.3. The lowest BCUT2D eigenvalue weighted by atomic mass is 9.97. The summed E-state index contributed by atoms with van der Waals surface area (Å²) in [7, 11) is 1.51. The van der Waals surface area contributed by atoms with Crippen molar-refractivity contribution in [2.75, 3.05) is 26.8 Å². The number of nitrogens with zero attached hydrogens (tertiary/aromatic N) is 1. The fourth-order valence-electron chi connectivity index (χ4n) is 6.10. The maximum absolute atomic E-state index is 15.3. The van der Waals surface area contributed by atoms with Gasteiger partial charge in [0.15, 0.2) is 6.61 Å². The molecule has 0 aliphatic carbocycles. The molecule has 1 saturated heterocycles. The van der Waals surface area contributed by atoms with E-state index in [1.807, 2.05) is 13.8 Å². The van der Waals surface area contributed by atoms with Crippen molar-refractivity contribution in [2.24, 2.45) is 0 Å². The molecular weight excluding hydrogens is 631 g/mol. The first-order valence-electron chi connectivity index (χ1n) is 16.1. The van der Waals surface area contributed by atoms with Crippen molar-refractivity contribution in [3.05, 3.63) is 111 Å². The summed E-state index contributed by atoms with van der Waals surface area (Å²) in [5, 5.41) is 5.78. The molecule has 0 saturated carbocycles. The zero-order valence-corrected chi connectivity index (χ0v) is 27.4. The van der Waals surface area contributed by atoms with Crippen LogP contribution < -0.4 is 30.4 Å². The fourth-order valence-corrected chi connectivity index (χ4v) is 6.10. The minimum absolute atomic E-state index is 0.0633. The van der Waals surface area contributed by atoms with Crippen molar-refractivity contribution in [1.29, 1.82) is 0 Å². The van der Waals surface area contributed by atoms with Crippen LogP contribution in [0.25, 0.3) is 11.1 Å². The molecule has 6 bridgehead atoms. The first kappa shape index (κ1) is 33.3. The highest BCUT2D eigenvalue weighted by atomic mass is 19.1. The van der Waals surface area contributed by atoms with Gasteiger partial charge in [-0.05, 0) is 59.5 Å². The lowest BCUT2D eigenvalue weighted by Gasteiger charge is -2.39. The van der Waals surface area contributed by atoms with Gasteiger partial charge in [-0.15, -0.1) is 0 Å². The van der Waals surface area contributed by atoms with Crippen LogP contribution in [-0.4, -0.2) is 66.6 Å². The van der Waals surface area contributed by atoms with Crippen molar-refractivity contribution in [3.63, 3.8) is 0 Å². The molecule has 1 aromatic heterocycles. The third kappa shape index (κ3) is 7.43. The Balaban J connectivity index is 1.37. The average Bonchev–Trinajstić information content (AvgIpc) is 3.10. The van der Waals surface area contributed by atoms with Crippen LogP contribution in [-0.2, 0) is 11.3 Å². The van der Waals surface area contributed by atoms with Crippen LogP contribution in [0.15, 0.2) is 77.6 Å². The van der Waals surface area contributed by atoms with Crippen LogP contribution in [0, 0.1) is 5.82 Å². The predicted molar refractivity (Wildman–Crippen MR) is 180 cm³/mol. The van der Waals surface area contributed by atoms with E-state index in [0.29, 0.717) is 58.2 Å². The van der Waals surface area contributed by atoms with Gasteiger partial charge in [0.1, 0.15) is 29.2 Å². The number of fused-ring (bicyclic) bond motifs is 7. The maximum Gasteiger partial charge on any atom is 0.258 e. The number of pyridine rings is 1. The maximum atomic E-state index is 15.3. The highest BCUT2D eigenvalue weighted by molar-refractivity contribution is 5.97. The summed E-state index contributed by atoms with van der Waals surface area (Å²) in [6.07, 6.45) is -0.263. The van der Waals surface area contributed by atoms with E-state index in [1.165, 1.54) is 31.4 Å². The Bertz CT molecular complexity index is 1960. The van der Waals surface area contributed by atoms with Crippen molar-refractivity contribution >= 4 is 17.7 Å². The molecule has 3 aromatic carbocycles. The molecule has 2 atom stereocenters. The van der Waals surface area contributed by atoms with Gasteiger partial charge in [0, 0.05) is 49.4 Å². The van der Waals surface area contributed by atoms with Gasteiger partial charge >= 0.3 is 0 Å². The highest BCUT2D eigenvalue weighted by Crippen LogP contribution is 2.30. The number of likely N-dealkylation sites (tertiary alicyclic amines) is 1. The molecule has 254 valence electrons. The lowest BCUT2D eigenvalue weighted by molar-refractivity contribution is -0.123. The first-order chi connectivity index (χ1) is 23.6. The number of rotatable bonds is 3. The molecule has 1 fully saturated rings. The van der Waals surface area contributed by atoms with Crippen LogP contribution in [0.2, 0.25) is 0 Å². The fraction of sp³-hybridized carbons (Fsp3) is 0.297. The molecule has 4 heterocycles. The summed E-state index contributed by atoms with van der Waals surface area (Å²) in [5.41, 5.74) is 2.33. The average molecular weight is 669 g/mol. The summed E-state index contributed by atoms with van der Waals surface area (Å²) < 4.78 is 33.0. The number of piperidine rings is 1. The first-order valence-corrected chi connectivity index (χ1v) is 16.1. The van der Waals surface area contributed by atoms with Gasteiger partial charge in [0.2, 0.25) is 5.56 Å². The zero-order valence-electron chi connectivity index (χ0n) is 27.4. The van der Waals surface area contributed by atoms with Crippen LogP contribution in [0.1, 0.15) is 58.2 Å². The van der Waals surface area contributed by atoms with Crippen molar-refractivity contribution < 1.29 is 33.0 Å². The van der Waals surface area contributed by atoms with Crippen LogP contribution in [0.5, 0.6) is 17.2 Å². The van der Waals surface area contributed by atoms with Gasteiger partial charge in [-0.1, -0.05) is 32.0 Å². The molecule has 7 rings (SSSR count). The normalized spacial score (nSPS) is 18.0. The number of amides is 3. The molecule has 49 heavy (non-hydrogen) atoms. The van der Waals surface area contributed by atoms with Crippen LogP contribution in [0.3, 0.4) is 0 Å². The van der Waals surface area contributed by atoms with Gasteiger partial charge < -0.3 is 34.7 Å². The second kappa shape index (κ2) is 14.2. The number of nitrogens with one attached hydrogen (secondary N) is 3. The number of carbonyl (C=O) groups excluding carboxylic acids is 3. The number of halogens is 1. The summed E-state index contributed by atoms with van der Waals surface area (Å²) >= 11 is 0. The Morgan fingerprint density at radius 1 is 0.980 bits per heavy atom. The molecular formula is C37H37FN4O7. The van der Waals surface area contributed by atoms with Gasteiger partial charge in [0.25, 0.3) is 17.7 Å². The number of ether oxygens (including phenoxy) is 3. The smallest absolute Gasteiger partial charge is 0.258 e. The number of aromatic amines is 1. The largest absolute Gasteiger partial charge is 0.496 e. The third-order valence-corrected chi connectivity index (χ3v) is 8.68. The summed E-state index contributed by atoms with van der Waals surface area (Å²) in [6, 6.07) is 18.5. The third-order valence-electron chi connectivity index (χ3n) is 8.68. The Morgan fingerprint density at radius 2 is 1.80 bits per heavy atom. The number of carbonyl (C=O) groups is 3. The van der Waals surface area contributed by atoms with Gasteiger partial charge in [-0.3, -0.25) is 19.2 Å². The number of hydrogen-bond acceptors (Lipinski definition) is 7. The number of benzene rings is 3. The van der Waals surface area contributed by atoms with Crippen molar-refractivity contribution in [2.45, 2.75) is 44.9 Å². The Kier molecular flexibility index (Phi) is 9.65. The van der Waals surface area contributed by atoms with Crippen LogP contribution >= 0.6 is 0 Å². The summed E-state index contributed by atoms with van der Waals surface area (Å²) in [4.78, 5) is 56.7. The summed E-state index contributed by atoms with van der Waals surface area (Å²) in [5.74, 6) is -0.803. The molecule has 0 unspecified atom stereocenters. The molecule has 3 aliphatic rings. The number of H-pyrrole nitrogens is 1. The monoisotopic (exact) mass is 668 g/mol. The molecule has 3 aliphatic heterocycles. The molecule has 4 aromatic rings. The van der Waals surface area contributed by atoms with Gasteiger partial charge in [-0.2, -0.15) is 0 Å². The van der Waals surface area contributed by atoms with E-state index in [1.54, 1.807) is 53.4 Å². The molecule has 3 N–H and O–H groups in total. The molecule has 11 nitrogen and oxygen atoms in total. The minimum atomic E-state index is -0.745. The molecule has 0 spiro atoms. The van der Waals surface area contributed by atoms with E-state index in [9.17, 15) is 19.2 Å². The topological polar surface area (TPSA) is 139 Å². The lowest BCUT2D eigenvalue weighted by Crippen LogP contribution is -2.58. The number of hydrogen-bond donors (Lipinski definition) is 3. The van der Waals surface area contributed by atoms with E-state index in [4.69, 9.17) is 14.2 Å². The highest BCUT2D eigenvalue weighted by Gasteiger charge is 2.36. The quantitative estimate of drug-likeness (QED) is 0.294. The van der Waals surface area contributed by atoms with E-state index >= 15 is 4.39 Å². The SMILES string of the molecule is COc1cc2ccc1CNC(=O)COc1cccc(c1)-c1ccc(F)c(c1)C(=O)N[C@@H]1CN(C(=O)c3ccc(=O)[nH]c3C(C)C)CC[C@@H]1O2. The second-order valence-electron chi connectivity index (χ2n) is 12.3. The van der Waals surface area contributed by atoms with Crippen molar-refractivity contribution in [3.8, 4) is 28.4 Å².